The number of rotatable bonds is 59. The van der Waals surface area contributed by atoms with Crippen LogP contribution in [0.1, 0.15) is 309 Å². The smallest absolute Gasteiger partial charge is 0.305 e. The second kappa shape index (κ2) is 59.1. The Morgan fingerprint density at radius 2 is 0.889 bits per heavy atom. The van der Waals surface area contributed by atoms with Crippen molar-refractivity contribution in [2.24, 2.45) is 0 Å². The van der Waals surface area contributed by atoms with Crippen molar-refractivity contribution >= 4 is 11.9 Å². The molecular weight excluding hydrogens is 1010 g/mol. The minimum atomic E-state index is -1.58. The summed E-state index contributed by atoms with van der Waals surface area (Å²) in [5.41, 5.74) is 0. The van der Waals surface area contributed by atoms with Gasteiger partial charge >= 0.3 is 5.97 Å². The van der Waals surface area contributed by atoms with Crippen molar-refractivity contribution in [2.75, 3.05) is 19.8 Å². The number of hydrogen-bond acceptors (Lipinski definition) is 10. The monoisotopic (exact) mass is 1140 g/mol. The summed E-state index contributed by atoms with van der Waals surface area (Å²) in [4.78, 5) is 25.1. The van der Waals surface area contributed by atoms with Crippen molar-refractivity contribution in [1.82, 2.24) is 5.32 Å². The summed E-state index contributed by atoms with van der Waals surface area (Å²) in [7, 11) is 0. The third-order valence-corrected chi connectivity index (χ3v) is 15.9. The molecule has 472 valence electrons. The zero-order valence-corrected chi connectivity index (χ0v) is 52.2. The van der Waals surface area contributed by atoms with Crippen molar-refractivity contribution < 1.29 is 49.3 Å². The van der Waals surface area contributed by atoms with Crippen LogP contribution in [0.15, 0.2) is 60.8 Å². The minimum absolute atomic E-state index is 0.00412. The maximum atomic E-state index is 13.0. The Morgan fingerprint density at radius 1 is 0.481 bits per heavy atom. The van der Waals surface area contributed by atoms with Gasteiger partial charge in [0, 0.05) is 12.8 Å². The highest BCUT2D eigenvalue weighted by Crippen LogP contribution is 2.23. The van der Waals surface area contributed by atoms with E-state index in [0.29, 0.717) is 19.4 Å². The highest BCUT2D eigenvalue weighted by molar-refractivity contribution is 5.76. The lowest BCUT2D eigenvalue weighted by molar-refractivity contribution is -0.302. The predicted octanol–water partition coefficient (Wildman–Crippen LogP) is 17.0. The number of carbonyl (C=O) groups excluding carboxylic acids is 2. The first-order valence-corrected chi connectivity index (χ1v) is 34.0. The molecule has 1 heterocycles. The van der Waals surface area contributed by atoms with E-state index in [1.54, 1.807) is 6.08 Å². The van der Waals surface area contributed by atoms with E-state index in [9.17, 15) is 35.1 Å². The SMILES string of the molecule is C/C=C/CC/C=C/CC/C=C/C(O)C(COC1OC(CO)C(O)C(O)C1O)NC(=O)CCCCCCCCCCCCC/C=C\C/C=C\CCCCCCCCCCCOC(=O)CCCCCCCCCCCCCCCCCCC. The van der Waals surface area contributed by atoms with Gasteiger partial charge in [-0.1, -0.05) is 273 Å². The Kier molecular flexibility index (Phi) is 55.7. The summed E-state index contributed by atoms with van der Waals surface area (Å²) in [6, 6.07) is -0.837. The van der Waals surface area contributed by atoms with Crippen molar-refractivity contribution in [3.05, 3.63) is 60.8 Å². The molecule has 0 aromatic carbocycles. The topological polar surface area (TPSA) is 175 Å². The molecule has 1 rings (SSSR count). The molecule has 0 aliphatic carbocycles. The van der Waals surface area contributed by atoms with E-state index in [0.717, 1.165) is 77.0 Å². The normalized spacial score (nSPS) is 18.6. The molecule has 0 aromatic rings. The second-order valence-corrected chi connectivity index (χ2v) is 23.5. The standard InChI is InChI=1S/C70H127NO10/c1-3-5-7-9-11-13-14-15-16-28-32-35-38-42-46-50-54-58-66(75)79-59-55-51-47-43-39-36-33-30-27-25-23-21-19-17-18-20-22-24-26-29-31-34-37-41-45-49-53-57-65(74)71-62(63(73)56-52-48-44-40-12-10-8-6-4-2)61-80-70-69(78)68(77)67(76)64(60-72)81-70/h4,6,12,17-18,21,23,40,52,56,62-64,67-70,72-73,76-78H,3,5,7-11,13-16,19-20,22,24-39,41-51,53-55,57-61H2,1-2H3,(H,71,74)/b6-4+,18-17-,23-21-,40-12+,56-52+. The van der Waals surface area contributed by atoms with Gasteiger partial charge in [-0.3, -0.25) is 9.59 Å². The van der Waals surface area contributed by atoms with Crippen LogP contribution >= 0.6 is 0 Å². The molecule has 11 nitrogen and oxygen atoms in total. The molecule has 0 spiro atoms. The van der Waals surface area contributed by atoms with Crippen LogP contribution in [0.3, 0.4) is 0 Å². The van der Waals surface area contributed by atoms with Crippen LogP contribution in [0.25, 0.3) is 0 Å². The summed E-state index contributed by atoms with van der Waals surface area (Å²) >= 11 is 0. The molecule has 7 atom stereocenters. The lowest BCUT2D eigenvalue weighted by Gasteiger charge is -2.40. The quantitative estimate of drug-likeness (QED) is 0.0195. The molecule has 0 aromatic heterocycles. The first-order valence-electron chi connectivity index (χ1n) is 34.0. The van der Waals surface area contributed by atoms with Crippen LogP contribution < -0.4 is 5.32 Å². The van der Waals surface area contributed by atoms with E-state index in [-0.39, 0.29) is 18.5 Å². The Bertz CT molecular complexity index is 1530. The second-order valence-electron chi connectivity index (χ2n) is 23.5. The zero-order chi connectivity index (χ0) is 58.7. The fraction of sp³-hybridized carbons (Fsp3) is 0.829. The lowest BCUT2D eigenvalue weighted by Crippen LogP contribution is -2.60. The predicted molar refractivity (Wildman–Crippen MR) is 338 cm³/mol. The summed E-state index contributed by atoms with van der Waals surface area (Å²) in [5, 5.41) is 54.2. The van der Waals surface area contributed by atoms with Crippen molar-refractivity contribution in [2.45, 2.75) is 352 Å². The van der Waals surface area contributed by atoms with Crippen molar-refractivity contribution in [1.29, 1.82) is 0 Å². The van der Waals surface area contributed by atoms with Gasteiger partial charge in [0.05, 0.1) is 32.0 Å². The fourth-order valence-electron chi connectivity index (χ4n) is 10.6. The maximum Gasteiger partial charge on any atom is 0.305 e. The van der Waals surface area contributed by atoms with Crippen LogP contribution in [0, 0.1) is 0 Å². The van der Waals surface area contributed by atoms with E-state index in [1.165, 1.54) is 205 Å². The van der Waals surface area contributed by atoms with Gasteiger partial charge in [0.15, 0.2) is 6.29 Å². The number of aliphatic hydroxyl groups is 5. The number of carbonyl (C=O) groups is 2. The average molecular weight is 1140 g/mol. The van der Waals surface area contributed by atoms with Crippen molar-refractivity contribution in [3.8, 4) is 0 Å². The molecule has 7 unspecified atom stereocenters. The molecule has 0 bridgehead atoms. The number of hydrogen-bond donors (Lipinski definition) is 6. The third-order valence-electron chi connectivity index (χ3n) is 15.9. The summed E-state index contributed by atoms with van der Waals surface area (Å²) in [6.07, 6.45) is 68.1. The molecule has 0 radical (unpaired) electrons. The largest absolute Gasteiger partial charge is 0.466 e. The number of nitrogens with one attached hydrogen (secondary N) is 1. The number of allylic oxidation sites excluding steroid dienone is 9. The molecule has 1 aliphatic rings. The number of esters is 1. The Labute approximate surface area is 497 Å². The molecule has 81 heavy (non-hydrogen) atoms. The van der Waals surface area contributed by atoms with Crippen LogP contribution in [0.2, 0.25) is 0 Å². The van der Waals surface area contributed by atoms with Gasteiger partial charge < -0.3 is 45.1 Å². The number of ether oxygens (including phenoxy) is 3. The van der Waals surface area contributed by atoms with Crippen LogP contribution in [0.4, 0.5) is 0 Å². The molecule has 0 saturated carbocycles. The van der Waals surface area contributed by atoms with E-state index < -0.39 is 49.5 Å². The number of unbranched alkanes of at least 4 members (excludes halogenated alkanes) is 38. The highest BCUT2D eigenvalue weighted by atomic mass is 16.7. The Hall–Kier alpha value is -2.64. The molecular formula is C70H127NO10. The molecule has 1 fully saturated rings. The third kappa shape index (κ3) is 48.3. The fourth-order valence-corrected chi connectivity index (χ4v) is 10.6. The van der Waals surface area contributed by atoms with E-state index in [1.807, 2.05) is 19.1 Å². The van der Waals surface area contributed by atoms with Gasteiger partial charge in [-0.2, -0.15) is 0 Å². The van der Waals surface area contributed by atoms with Crippen LogP contribution in [-0.4, -0.2) is 100 Å². The van der Waals surface area contributed by atoms with E-state index >= 15 is 0 Å². The first-order chi connectivity index (χ1) is 39.7. The molecule has 1 saturated heterocycles. The van der Waals surface area contributed by atoms with Gasteiger partial charge in [-0.25, -0.2) is 0 Å². The Morgan fingerprint density at radius 3 is 1.36 bits per heavy atom. The molecule has 6 N–H and O–H groups in total. The number of amides is 1. The van der Waals surface area contributed by atoms with Gasteiger partial charge in [-0.05, 0) is 84.0 Å². The van der Waals surface area contributed by atoms with Crippen LogP contribution in [-0.2, 0) is 23.8 Å². The Balaban J connectivity index is 1.95. The van der Waals surface area contributed by atoms with Gasteiger partial charge in [0.25, 0.3) is 0 Å². The number of aliphatic hydroxyl groups excluding tert-OH is 5. The summed E-state index contributed by atoms with van der Waals surface area (Å²) in [5.74, 6) is -0.199. The highest BCUT2D eigenvalue weighted by Gasteiger charge is 2.44. The molecule has 11 heteroatoms. The van der Waals surface area contributed by atoms with Crippen LogP contribution in [0.5, 0.6) is 0 Å². The summed E-state index contributed by atoms with van der Waals surface area (Å²) in [6.45, 7) is 4.10. The maximum absolute atomic E-state index is 13.0. The van der Waals surface area contributed by atoms with Crippen molar-refractivity contribution in [3.63, 3.8) is 0 Å². The summed E-state index contributed by atoms with van der Waals surface area (Å²) < 4.78 is 16.7. The average Bonchev–Trinajstić information content (AvgIpc) is 3.49. The van der Waals surface area contributed by atoms with E-state index in [2.05, 4.69) is 54.8 Å². The molecule has 1 aliphatic heterocycles. The van der Waals surface area contributed by atoms with Gasteiger partial charge in [0.1, 0.15) is 24.4 Å². The lowest BCUT2D eigenvalue weighted by atomic mass is 9.99. The van der Waals surface area contributed by atoms with Gasteiger partial charge in [-0.15, -0.1) is 0 Å². The zero-order valence-electron chi connectivity index (χ0n) is 52.2. The minimum Gasteiger partial charge on any atom is -0.466 e. The first kappa shape index (κ1) is 76.4. The molecule has 1 amide bonds. The van der Waals surface area contributed by atoms with Gasteiger partial charge in [0.2, 0.25) is 5.91 Å². The van der Waals surface area contributed by atoms with E-state index in [4.69, 9.17) is 14.2 Å².